The van der Waals surface area contributed by atoms with Gasteiger partial charge in [-0.3, -0.25) is 14.7 Å². The highest BCUT2D eigenvalue weighted by atomic mass is 16.5. The van der Waals surface area contributed by atoms with E-state index in [2.05, 4.69) is 44.7 Å². The van der Waals surface area contributed by atoms with Crippen molar-refractivity contribution in [3.8, 4) is 0 Å². The van der Waals surface area contributed by atoms with Gasteiger partial charge in [0.05, 0.1) is 6.54 Å². The summed E-state index contributed by atoms with van der Waals surface area (Å²) in [6, 6.07) is 4.08. The summed E-state index contributed by atoms with van der Waals surface area (Å²) in [4.78, 5) is 23.9. The van der Waals surface area contributed by atoms with Gasteiger partial charge in [-0.15, -0.1) is 0 Å². The lowest BCUT2D eigenvalue weighted by Gasteiger charge is -2.45. The van der Waals surface area contributed by atoms with Crippen LogP contribution >= 0.6 is 0 Å². The molecule has 150 valence electrons. The van der Waals surface area contributed by atoms with Crippen LogP contribution in [0.1, 0.15) is 38.1 Å². The zero-order valence-corrected chi connectivity index (χ0v) is 16.7. The van der Waals surface area contributed by atoms with Crippen LogP contribution in [0.4, 0.5) is 0 Å². The van der Waals surface area contributed by atoms with E-state index in [4.69, 9.17) is 4.74 Å². The number of amides is 1. The fourth-order valence-electron chi connectivity index (χ4n) is 4.12. The second-order valence-electron chi connectivity index (χ2n) is 8.28. The highest BCUT2D eigenvalue weighted by Gasteiger charge is 2.47. The highest BCUT2D eigenvalue weighted by Crippen LogP contribution is 2.40. The zero-order valence-electron chi connectivity index (χ0n) is 16.7. The maximum atomic E-state index is 12.7. The highest BCUT2D eigenvalue weighted by molar-refractivity contribution is 5.80. The van der Waals surface area contributed by atoms with Crippen LogP contribution in [0.25, 0.3) is 0 Å². The van der Waals surface area contributed by atoms with E-state index in [1.807, 2.05) is 24.7 Å². The van der Waals surface area contributed by atoms with Crippen molar-refractivity contribution in [2.75, 3.05) is 19.6 Å². The number of likely N-dealkylation sites (tertiary alicyclic amines) is 1. The van der Waals surface area contributed by atoms with Crippen molar-refractivity contribution in [2.24, 2.45) is 5.92 Å². The van der Waals surface area contributed by atoms with Gasteiger partial charge in [-0.05, 0) is 30.4 Å². The van der Waals surface area contributed by atoms with E-state index in [1.165, 1.54) is 5.56 Å². The molecule has 7 heteroatoms. The molecule has 0 saturated carbocycles. The summed E-state index contributed by atoms with van der Waals surface area (Å²) in [7, 11) is 0. The van der Waals surface area contributed by atoms with E-state index in [0.717, 1.165) is 38.3 Å². The lowest BCUT2D eigenvalue weighted by atomic mass is 9.88. The molecule has 2 aliphatic heterocycles. The molecule has 0 aliphatic carbocycles. The first kappa shape index (κ1) is 19.1. The Labute approximate surface area is 166 Å². The molecule has 1 N–H and O–H groups in total. The fourth-order valence-corrected chi connectivity index (χ4v) is 4.12. The van der Waals surface area contributed by atoms with Gasteiger partial charge in [-0.1, -0.05) is 19.9 Å². The molecule has 0 aromatic carbocycles. The number of nitrogens with zero attached hydrogens (tertiary/aromatic N) is 4. The lowest BCUT2D eigenvalue weighted by Crippen LogP contribution is -2.54. The van der Waals surface area contributed by atoms with Crippen LogP contribution in [0.5, 0.6) is 0 Å². The molecule has 1 spiro atoms. The summed E-state index contributed by atoms with van der Waals surface area (Å²) >= 11 is 0. The largest absolute Gasteiger partial charge is 0.354 e. The van der Waals surface area contributed by atoms with E-state index in [0.29, 0.717) is 19.0 Å². The normalized spacial score (nSPS) is 21.6. The molecule has 7 nitrogen and oxygen atoms in total. The Kier molecular flexibility index (Phi) is 5.46. The van der Waals surface area contributed by atoms with E-state index >= 15 is 0 Å². The van der Waals surface area contributed by atoms with Gasteiger partial charge in [-0.25, -0.2) is 4.98 Å². The number of ether oxygens (including phenoxy) is 1. The molecule has 0 bridgehead atoms. The van der Waals surface area contributed by atoms with E-state index in [-0.39, 0.29) is 5.91 Å². The van der Waals surface area contributed by atoms with E-state index in [1.54, 1.807) is 6.20 Å². The molecule has 28 heavy (non-hydrogen) atoms. The Balaban J connectivity index is 1.45. The van der Waals surface area contributed by atoms with Crippen molar-refractivity contribution < 1.29 is 9.53 Å². The molecule has 0 unspecified atom stereocenters. The van der Waals surface area contributed by atoms with E-state index in [9.17, 15) is 4.79 Å². The number of imidazole rings is 1. The summed E-state index contributed by atoms with van der Waals surface area (Å²) in [5.41, 5.74) is 0.739. The average Bonchev–Trinajstić information content (AvgIpc) is 3.18. The number of aromatic nitrogens is 3. The minimum Gasteiger partial charge on any atom is -0.354 e. The second-order valence-corrected chi connectivity index (χ2v) is 8.28. The average molecular weight is 383 g/mol. The SMILES string of the molecule is CC(C)CNC(=O)[C@H]1Cn2ccnc2C2(CCN(Cc3cccnc3)CC2)O1. The van der Waals surface area contributed by atoms with Crippen LogP contribution in [0.2, 0.25) is 0 Å². The van der Waals surface area contributed by atoms with Crippen LogP contribution < -0.4 is 5.32 Å². The number of rotatable bonds is 5. The van der Waals surface area contributed by atoms with Crippen molar-refractivity contribution in [3.05, 3.63) is 48.3 Å². The van der Waals surface area contributed by atoms with Crippen LogP contribution in [0.15, 0.2) is 36.9 Å². The predicted octanol–water partition coefficient (Wildman–Crippen LogP) is 1.94. The van der Waals surface area contributed by atoms with Gasteiger partial charge < -0.3 is 14.6 Å². The van der Waals surface area contributed by atoms with Crippen molar-refractivity contribution in [1.82, 2.24) is 24.8 Å². The monoisotopic (exact) mass is 383 g/mol. The number of carbonyl (C=O) groups is 1. The molecule has 1 saturated heterocycles. The molecule has 2 aromatic heterocycles. The Hall–Kier alpha value is -2.25. The van der Waals surface area contributed by atoms with Gasteiger partial charge in [-0.2, -0.15) is 0 Å². The van der Waals surface area contributed by atoms with Gasteiger partial charge in [0, 0.05) is 51.0 Å². The van der Waals surface area contributed by atoms with Crippen molar-refractivity contribution in [3.63, 3.8) is 0 Å². The maximum absolute atomic E-state index is 12.7. The van der Waals surface area contributed by atoms with Crippen LogP contribution in [-0.4, -0.2) is 51.1 Å². The van der Waals surface area contributed by atoms with Crippen LogP contribution in [0, 0.1) is 5.92 Å². The lowest BCUT2D eigenvalue weighted by molar-refractivity contribution is -0.174. The molecular weight excluding hydrogens is 354 g/mol. The maximum Gasteiger partial charge on any atom is 0.251 e. The van der Waals surface area contributed by atoms with Crippen LogP contribution in [0.3, 0.4) is 0 Å². The van der Waals surface area contributed by atoms with E-state index < -0.39 is 11.7 Å². The fraction of sp³-hybridized carbons (Fsp3) is 0.571. The molecule has 0 radical (unpaired) electrons. The first-order valence-corrected chi connectivity index (χ1v) is 10.1. The third-order valence-corrected chi connectivity index (χ3v) is 5.62. The minimum atomic E-state index is -0.479. The Bertz CT molecular complexity index is 796. The summed E-state index contributed by atoms with van der Waals surface area (Å²) in [6.45, 7) is 8.08. The summed E-state index contributed by atoms with van der Waals surface area (Å²) in [5.74, 6) is 1.35. The number of hydrogen-bond donors (Lipinski definition) is 1. The van der Waals surface area contributed by atoms with Crippen molar-refractivity contribution in [1.29, 1.82) is 0 Å². The molecule has 4 rings (SSSR count). The van der Waals surface area contributed by atoms with Gasteiger partial charge in [0.1, 0.15) is 11.4 Å². The number of fused-ring (bicyclic) bond motifs is 2. The molecule has 2 aliphatic rings. The van der Waals surface area contributed by atoms with Gasteiger partial charge in [0.15, 0.2) is 6.10 Å². The number of hydrogen-bond acceptors (Lipinski definition) is 5. The summed E-state index contributed by atoms with van der Waals surface area (Å²) < 4.78 is 8.56. The zero-order chi connectivity index (χ0) is 19.6. The molecular formula is C21H29N5O2. The first-order valence-electron chi connectivity index (χ1n) is 10.1. The number of pyridine rings is 1. The standard InChI is InChI=1S/C21H29N5O2/c1-16(2)12-24-19(27)18-15-26-11-8-23-20(26)21(28-18)5-9-25(10-6-21)14-17-4-3-7-22-13-17/h3-4,7-8,11,13,16,18H,5-6,9-10,12,14-15H2,1-2H3,(H,24,27)/t18-/m1/s1. The third kappa shape index (κ3) is 3.95. The second kappa shape index (κ2) is 8.01. The van der Waals surface area contributed by atoms with Crippen molar-refractivity contribution in [2.45, 2.75) is 51.5 Å². The summed E-state index contributed by atoms with van der Waals surface area (Å²) in [6.07, 6.45) is 8.70. The van der Waals surface area contributed by atoms with Crippen LogP contribution in [-0.2, 0) is 28.2 Å². The van der Waals surface area contributed by atoms with Gasteiger partial charge in [0.2, 0.25) is 0 Å². The number of piperidine rings is 1. The van der Waals surface area contributed by atoms with Gasteiger partial charge >= 0.3 is 0 Å². The topological polar surface area (TPSA) is 72.3 Å². The Morgan fingerprint density at radius 3 is 2.89 bits per heavy atom. The molecule has 4 heterocycles. The molecule has 1 fully saturated rings. The quantitative estimate of drug-likeness (QED) is 0.854. The molecule has 1 amide bonds. The van der Waals surface area contributed by atoms with Crippen molar-refractivity contribution >= 4 is 5.91 Å². The predicted molar refractivity (Wildman–Crippen MR) is 105 cm³/mol. The molecule has 2 aromatic rings. The summed E-state index contributed by atoms with van der Waals surface area (Å²) in [5, 5.41) is 3.02. The molecule has 1 atom stereocenters. The number of carbonyl (C=O) groups excluding carboxylic acids is 1. The first-order chi connectivity index (χ1) is 13.6. The number of nitrogens with one attached hydrogen (secondary N) is 1. The minimum absolute atomic E-state index is 0.0229. The van der Waals surface area contributed by atoms with Gasteiger partial charge in [0.25, 0.3) is 5.91 Å². The Morgan fingerprint density at radius 2 is 2.18 bits per heavy atom. The third-order valence-electron chi connectivity index (χ3n) is 5.62. The smallest absolute Gasteiger partial charge is 0.251 e. The Morgan fingerprint density at radius 1 is 1.36 bits per heavy atom.